The molecule has 0 aliphatic carbocycles. The van der Waals surface area contributed by atoms with Crippen LogP contribution in [0.15, 0.2) is 72.1 Å². The van der Waals surface area contributed by atoms with Gasteiger partial charge in [-0.3, -0.25) is 14.8 Å². The van der Waals surface area contributed by atoms with Gasteiger partial charge in [-0.25, -0.2) is 18.9 Å². The van der Waals surface area contributed by atoms with Crippen LogP contribution in [0.2, 0.25) is 0 Å². The van der Waals surface area contributed by atoms with E-state index in [1.54, 1.807) is 10.8 Å². The number of hydrogen-bond donors (Lipinski definition) is 2. The number of imidazole rings is 1. The number of carbonyl (C=O) groups excluding carboxylic acids is 2. The van der Waals surface area contributed by atoms with Gasteiger partial charge in [0.05, 0.1) is 11.2 Å². The number of rotatable bonds is 8. The van der Waals surface area contributed by atoms with Crippen molar-refractivity contribution >= 4 is 22.2 Å². The maximum atomic E-state index is 13.3. The Morgan fingerprint density at radius 1 is 1.12 bits per heavy atom. The zero-order valence-corrected chi connectivity index (χ0v) is 18.5. The lowest BCUT2D eigenvalue weighted by molar-refractivity contribution is -0.131. The lowest BCUT2D eigenvalue weighted by Gasteiger charge is -2.25. The van der Waals surface area contributed by atoms with E-state index in [1.807, 2.05) is 31.2 Å². The fourth-order valence-electron chi connectivity index (χ4n) is 2.95. The minimum absolute atomic E-state index is 0.121. The summed E-state index contributed by atoms with van der Waals surface area (Å²) in [5, 5.41) is 8.95. The highest BCUT2D eigenvalue weighted by Crippen LogP contribution is 2.19. The molecule has 33 heavy (non-hydrogen) atoms. The van der Waals surface area contributed by atoms with Crippen LogP contribution in [0.1, 0.15) is 16.7 Å². The van der Waals surface area contributed by atoms with E-state index < -0.39 is 22.0 Å². The number of nitrogens with zero attached hydrogens (tertiary/aromatic N) is 3. The Hall–Kier alpha value is -3.78. The molecular weight excluding hydrogens is 444 g/mol. The second-order valence-electron chi connectivity index (χ2n) is 7.05. The molecule has 3 aromatic rings. The number of nitrogens with one attached hydrogen (secondary N) is 1. The summed E-state index contributed by atoms with van der Waals surface area (Å²) in [7, 11) is -4.29. The monoisotopic (exact) mass is 465 g/mol. The molecule has 1 aromatic heterocycles. The van der Waals surface area contributed by atoms with Crippen LogP contribution in [0.4, 0.5) is 0 Å². The summed E-state index contributed by atoms with van der Waals surface area (Å²) in [6.07, 6.45) is 5.98. The van der Waals surface area contributed by atoms with Gasteiger partial charge in [0, 0.05) is 36.6 Å². The van der Waals surface area contributed by atoms with Crippen molar-refractivity contribution in [2.24, 2.45) is 0 Å². The Balaban J connectivity index is 1.87. The molecule has 1 amide bonds. The highest BCUT2D eigenvalue weighted by atomic mass is 32.2. The average Bonchev–Trinajstić information content (AvgIpc) is 3.34. The van der Waals surface area contributed by atoms with Crippen molar-refractivity contribution < 1.29 is 23.2 Å². The molecular formula is C23H21N4O5S. The maximum absolute atomic E-state index is 13.3. The molecule has 0 saturated carbocycles. The molecule has 1 radical (unpaired) electrons. The number of hydrogen-bond acceptors (Lipinski definition) is 6. The normalized spacial score (nSPS) is 12.0. The minimum Gasteiger partial charge on any atom is -0.336 e. The Kier molecular flexibility index (Phi) is 7.74. The van der Waals surface area contributed by atoms with E-state index in [0.717, 1.165) is 11.1 Å². The third kappa shape index (κ3) is 5.93. The molecule has 0 spiro atoms. The molecule has 0 bridgehead atoms. The second-order valence-corrected chi connectivity index (χ2v) is 8.94. The van der Waals surface area contributed by atoms with Crippen LogP contribution in [0.25, 0.3) is 0 Å². The topological polar surface area (TPSA) is 122 Å². The quantitative estimate of drug-likeness (QED) is 0.224. The molecule has 1 atom stereocenters. The Morgan fingerprint density at radius 2 is 1.73 bits per heavy atom. The van der Waals surface area contributed by atoms with E-state index in [9.17, 15) is 18.0 Å². The van der Waals surface area contributed by atoms with Gasteiger partial charge in [-0.15, -0.1) is 0 Å². The first-order valence-corrected chi connectivity index (χ1v) is 11.3. The van der Waals surface area contributed by atoms with Crippen molar-refractivity contribution in [3.05, 3.63) is 83.9 Å². The van der Waals surface area contributed by atoms with Crippen molar-refractivity contribution in [3.8, 4) is 11.8 Å². The van der Waals surface area contributed by atoms with Crippen LogP contribution >= 0.6 is 0 Å². The van der Waals surface area contributed by atoms with Gasteiger partial charge in [-0.1, -0.05) is 29.5 Å². The third-order valence-electron chi connectivity index (χ3n) is 4.76. The van der Waals surface area contributed by atoms with Crippen molar-refractivity contribution in [2.75, 3.05) is 6.54 Å². The molecule has 2 N–H and O–H groups in total. The number of carbonyl (C=O) groups is 1. The first-order valence-electron chi connectivity index (χ1n) is 9.83. The Bertz CT molecular complexity index is 1260. The van der Waals surface area contributed by atoms with E-state index in [1.165, 1.54) is 48.6 Å². The summed E-state index contributed by atoms with van der Waals surface area (Å²) < 4.78 is 28.8. The zero-order valence-electron chi connectivity index (χ0n) is 17.7. The summed E-state index contributed by atoms with van der Waals surface area (Å²) in [5.41, 5.74) is 3.84. The second kappa shape index (κ2) is 10.7. The van der Waals surface area contributed by atoms with Gasteiger partial charge in [0.1, 0.15) is 0 Å². The van der Waals surface area contributed by atoms with Crippen molar-refractivity contribution in [1.29, 1.82) is 0 Å². The molecule has 2 aromatic carbocycles. The lowest BCUT2D eigenvalue weighted by Crippen LogP contribution is -2.50. The first kappa shape index (κ1) is 23.9. The smallest absolute Gasteiger partial charge is 0.269 e. The summed E-state index contributed by atoms with van der Waals surface area (Å²) in [6.45, 7) is 1.86. The van der Waals surface area contributed by atoms with Crippen LogP contribution < -0.4 is 5.48 Å². The minimum atomic E-state index is -4.29. The number of aromatic nitrogens is 2. The summed E-state index contributed by atoms with van der Waals surface area (Å²) in [4.78, 5) is 27.1. The van der Waals surface area contributed by atoms with Gasteiger partial charge in [-0.05, 0) is 43.3 Å². The number of aryl methyl sites for hydroxylation is 1. The summed E-state index contributed by atoms with van der Waals surface area (Å²) in [6, 6.07) is 11.6. The predicted octanol–water partition coefficient (Wildman–Crippen LogP) is 1.27. The first-order chi connectivity index (χ1) is 15.8. The SMILES string of the molecule is Cc1ccc(C#Cc2ccc(S(=O)(=O)N(CCn3ccnc3)[C@@H]([C]=O)C(=O)NO)cc2)cc1. The summed E-state index contributed by atoms with van der Waals surface area (Å²) in [5.74, 6) is 4.76. The Labute approximate surface area is 191 Å². The molecule has 0 aliphatic rings. The lowest BCUT2D eigenvalue weighted by atomic mass is 10.1. The van der Waals surface area contributed by atoms with E-state index in [0.29, 0.717) is 9.87 Å². The van der Waals surface area contributed by atoms with Gasteiger partial charge in [0.25, 0.3) is 5.91 Å². The van der Waals surface area contributed by atoms with E-state index in [2.05, 4.69) is 16.8 Å². The van der Waals surface area contributed by atoms with Crippen molar-refractivity contribution in [2.45, 2.75) is 24.4 Å². The molecule has 0 fully saturated rings. The van der Waals surface area contributed by atoms with E-state index in [-0.39, 0.29) is 18.0 Å². The molecule has 0 unspecified atom stereocenters. The average molecular weight is 466 g/mol. The van der Waals surface area contributed by atoms with Gasteiger partial charge in [-0.2, -0.15) is 4.31 Å². The van der Waals surface area contributed by atoms with Crippen molar-refractivity contribution in [3.63, 3.8) is 0 Å². The van der Waals surface area contributed by atoms with Crippen molar-refractivity contribution in [1.82, 2.24) is 19.3 Å². The third-order valence-corrected chi connectivity index (χ3v) is 6.64. The molecule has 3 rings (SSSR count). The van der Waals surface area contributed by atoms with Gasteiger partial charge < -0.3 is 4.57 Å². The Morgan fingerprint density at radius 3 is 2.24 bits per heavy atom. The number of hydroxylamine groups is 1. The van der Waals surface area contributed by atoms with Crippen LogP contribution in [-0.4, -0.2) is 52.3 Å². The van der Waals surface area contributed by atoms with Gasteiger partial charge >= 0.3 is 0 Å². The van der Waals surface area contributed by atoms with Crippen LogP contribution in [0.3, 0.4) is 0 Å². The number of amides is 1. The highest BCUT2D eigenvalue weighted by Gasteiger charge is 2.36. The fraction of sp³-hybridized carbons (Fsp3) is 0.174. The summed E-state index contributed by atoms with van der Waals surface area (Å²) >= 11 is 0. The number of sulfonamides is 1. The largest absolute Gasteiger partial charge is 0.336 e. The molecule has 0 aliphatic heterocycles. The van der Waals surface area contributed by atoms with E-state index in [4.69, 9.17) is 5.21 Å². The fourth-order valence-corrected chi connectivity index (χ4v) is 4.44. The predicted molar refractivity (Wildman–Crippen MR) is 119 cm³/mol. The standard InChI is InChI=1S/C23H21N4O5S/c1-18-2-4-19(5-3-18)6-7-20-8-10-21(11-9-20)33(31,32)27(22(16-28)23(29)25-30)15-14-26-13-12-24-17-26/h2-5,8-13,17,22,30H,14-15H2,1H3,(H,25,29)/t22-/m0/s1. The molecule has 0 saturated heterocycles. The molecule has 10 heteroatoms. The molecule has 9 nitrogen and oxygen atoms in total. The zero-order chi connectivity index (χ0) is 23.8. The maximum Gasteiger partial charge on any atom is 0.269 e. The van der Waals surface area contributed by atoms with Gasteiger partial charge in [0.15, 0.2) is 6.04 Å². The number of benzene rings is 2. The highest BCUT2D eigenvalue weighted by molar-refractivity contribution is 7.89. The van der Waals surface area contributed by atoms with Gasteiger partial charge in [0.2, 0.25) is 16.3 Å². The molecule has 1 heterocycles. The van der Waals surface area contributed by atoms with Crippen LogP contribution in [0, 0.1) is 18.8 Å². The molecule has 169 valence electrons. The van der Waals surface area contributed by atoms with Crippen LogP contribution in [0.5, 0.6) is 0 Å². The van der Waals surface area contributed by atoms with E-state index >= 15 is 0 Å². The van der Waals surface area contributed by atoms with Crippen LogP contribution in [-0.2, 0) is 26.2 Å².